The summed E-state index contributed by atoms with van der Waals surface area (Å²) in [7, 11) is -4.46. The van der Waals surface area contributed by atoms with Gasteiger partial charge in [-0.25, -0.2) is 4.79 Å². The van der Waals surface area contributed by atoms with Gasteiger partial charge in [0.25, 0.3) is 10.1 Å². The van der Waals surface area contributed by atoms with Gasteiger partial charge in [-0.2, -0.15) is 8.42 Å². The Morgan fingerprint density at radius 1 is 1.13 bits per heavy atom. The molecule has 0 radical (unpaired) electrons. The molecular formula is C7H8Na2O5S. The molecule has 15 heavy (non-hydrogen) atoms. The van der Waals surface area contributed by atoms with Crippen molar-refractivity contribution in [2.45, 2.75) is 4.90 Å². The van der Waals surface area contributed by atoms with E-state index in [-0.39, 0.29) is 59.1 Å². The van der Waals surface area contributed by atoms with Crippen molar-refractivity contribution in [2.24, 2.45) is 0 Å². The first kappa shape index (κ1) is 18.0. The summed E-state index contributed by atoms with van der Waals surface area (Å²) >= 11 is 0. The van der Waals surface area contributed by atoms with Crippen LogP contribution in [0.2, 0.25) is 0 Å². The SMILES string of the molecule is O=C(O)c1ccccc1S(=O)(=O)O.[NaH].[NaH]. The van der Waals surface area contributed by atoms with Gasteiger partial charge in [0, 0.05) is 0 Å². The van der Waals surface area contributed by atoms with Gasteiger partial charge in [0.15, 0.2) is 0 Å². The third-order valence-electron chi connectivity index (χ3n) is 1.40. The van der Waals surface area contributed by atoms with Crippen molar-refractivity contribution in [3.05, 3.63) is 29.8 Å². The van der Waals surface area contributed by atoms with Crippen molar-refractivity contribution < 1.29 is 22.9 Å². The topological polar surface area (TPSA) is 91.7 Å². The molecule has 1 aromatic carbocycles. The quantitative estimate of drug-likeness (QED) is 0.536. The third kappa shape index (κ3) is 4.97. The molecular weight excluding hydrogens is 242 g/mol. The molecule has 74 valence electrons. The van der Waals surface area contributed by atoms with Gasteiger partial charge in [0.05, 0.1) is 5.56 Å². The van der Waals surface area contributed by atoms with Crippen LogP contribution >= 0.6 is 0 Å². The second-order valence-corrected chi connectivity index (χ2v) is 3.67. The maximum atomic E-state index is 10.7. The Morgan fingerprint density at radius 3 is 1.93 bits per heavy atom. The summed E-state index contributed by atoms with van der Waals surface area (Å²) in [5, 5.41) is 8.55. The van der Waals surface area contributed by atoms with Crippen molar-refractivity contribution in [3.63, 3.8) is 0 Å². The predicted molar refractivity (Wildman–Crippen MR) is 57.5 cm³/mol. The molecule has 0 heterocycles. The van der Waals surface area contributed by atoms with Crippen LogP contribution in [-0.4, -0.2) is 83.2 Å². The van der Waals surface area contributed by atoms with Crippen LogP contribution in [0.4, 0.5) is 0 Å². The zero-order valence-electron chi connectivity index (χ0n) is 6.34. The Bertz CT molecular complexity index is 442. The molecule has 0 saturated carbocycles. The molecule has 0 aliphatic heterocycles. The van der Waals surface area contributed by atoms with Crippen LogP contribution in [0.25, 0.3) is 0 Å². The van der Waals surface area contributed by atoms with Crippen molar-refractivity contribution in [3.8, 4) is 0 Å². The fourth-order valence-electron chi connectivity index (χ4n) is 0.868. The Balaban J connectivity index is 0. The number of aromatic carboxylic acids is 1. The summed E-state index contributed by atoms with van der Waals surface area (Å²) < 4.78 is 29.9. The number of carboxylic acid groups (broad SMARTS) is 1. The standard InChI is InChI=1S/C7H6O5S.2Na.2H/c8-7(9)5-3-1-2-4-6(5)13(10,11)12;;;;/h1-4H,(H,8,9)(H,10,11,12);;;;. The van der Waals surface area contributed by atoms with Gasteiger partial charge in [0.1, 0.15) is 4.90 Å². The molecule has 0 atom stereocenters. The van der Waals surface area contributed by atoms with Gasteiger partial charge in [0.2, 0.25) is 0 Å². The Labute approximate surface area is 131 Å². The van der Waals surface area contributed by atoms with Crippen LogP contribution in [0.3, 0.4) is 0 Å². The Hall–Kier alpha value is 0.600. The van der Waals surface area contributed by atoms with Gasteiger partial charge in [-0.1, -0.05) is 12.1 Å². The molecule has 1 aromatic rings. The van der Waals surface area contributed by atoms with Gasteiger partial charge >= 0.3 is 65.1 Å². The molecule has 0 fully saturated rings. The maximum absolute atomic E-state index is 10.7. The van der Waals surface area contributed by atoms with Crippen molar-refractivity contribution in [1.29, 1.82) is 0 Å². The first-order valence-electron chi connectivity index (χ1n) is 3.23. The molecule has 2 N–H and O–H groups in total. The van der Waals surface area contributed by atoms with E-state index in [9.17, 15) is 13.2 Å². The normalized spacial score (nSPS) is 9.67. The molecule has 8 heteroatoms. The van der Waals surface area contributed by atoms with Crippen LogP contribution in [0.15, 0.2) is 29.2 Å². The first-order valence-corrected chi connectivity index (χ1v) is 4.67. The van der Waals surface area contributed by atoms with Crippen LogP contribution in [0.5, 0.6) is 0 Å². The number of hydrogen-bond donors (Lipinski definition) is 2. The summed E-state index contributed by atoms with van der Waals surface area (Å²) in [5.74, 6) is -1.40. The third-order valence-corrected chi connectivity index (χ3v) is 2.31. The number of carbonyl (C=O) groups is 1. The van der Waals surface area contributed by atoms with E-state index in [4.69, 9.17) is 9.66 Å². The van der Waals surface area contributed by atoms with Gasteiger partial charge < -0.3 is 5.11 Å². The van der Waals surface area contributed by atoms with E-state index in [1.807, 2.05) is 0 Å². The molecule has 0 aromatic heterocycles. The summed E-state index contributed by atoms with van der Waals surface area (Å²) in [6.45, 7) is 0. The van der Waals surface area contributed by atoms with E-state index in [0.717, 1.165) is 12.1 Å². The van der Waals surface area contributed by atoms with E-state index in [1.165, 1.54) is 12.1 Å². The van der Waals surface area contributed by atoms with Gasteiger partial charge in [-0.05, 0) is 12.1 Å². The van der Waals surface area contributed by atoms with Gasteiger partial charge in [-0.3, -0.25) is 4.55 Å². The van der Waals surface area contributed by atoms with Crippen LogP contribution in [0, 0.1) is 0 Å². The molecule has 0 aliphatic carbocycles. The minimum absolute atomic E-state index is 0. The van der Waals surface area contributed by atoms with E-state index in [1.54, 1.807) is 0 Å². The monoisotopic (exact) mass is 250 g/mol. The molecule has 5 nitrogen and oxygen atoms in total. The number of rotatable bonds is 2. The summed E-state index contributed by atoms with van der Waals surface area (Å²) in [5.41, 5.74) is -0.440. The predicted octanol–water partition coefficient (Wildman–Crippen LogP) is -0.665. The summed E-state index contributed by atoms with van der Waals surface area (Å²) in [4.78, 5) is 9.90. The Kier molecular flexibility index (Phi) is 8.43. The van der Waals surface area contributed by atoms with E-state index >= 15 is 0 Å². The summed E-state index contributed by atoms with van der Waals surface area (Å²) in [6, 6.07) is 4.83. The number of carboxylic acids is 1. The minimum atomic E-state index is -4.46. The molecule has 0 bridgehead atoms. The molecule has 0 aliphatic rings. The second-order valence-electron chi connectivity index (χ2n) is 2.28. The number of hydrogen-bond acceptors (Lipinski definition) is 3. The molecule has 0 spiro atoms. The first-order chi connectivity index (χ1) is 5.93. The average Bonchev–Trinajstić information content (AvgIpc) is 2.03. The van der Waals surface area contributed by atoms with Crippen LogP contribution in [-0.2, 0) is 10.1 Å². The molecule has 1 rings (SSSR count). The van der Waals surface area contributed by atoms with Crippen molar-refractivity contribution in [1.82, 2.24) is 0 Å². The average molecular weight is 250 g/mol. The molecule has 0 unspecified atom stereocenters. The second kappa shape index (κ2) is 7.03. The van der Waals surface area contributed by atoms with Crippen LogP contribution < -0.4 is 0 Å². The zero-order chi connectivity index (χ0) is 10.1. The number of benzene rings is 1. The van der Waals surface area contributed by atoms with E-state index in [0.29, 0.717) is 0 Å². The molecule has 0 saturated heterocycles. The fourth-order valence-corrected chi connectivity index (χ4v) is 1.55. The zero-order valence-corrected chi connectivity index (χ0v) is 7.15. The van der Waals surface area contributed by atoms with Crippen molar-refractivity contribution in [2.75, 3.05) is 0 Å². The van der Waals surface area contributed by atoms with Gasteiger partial charge in [-0.15, -0.1) is 0 Å². The fraction of sp³-hybridized carbons (Fsp3) is 0. The molecule has 0 amide bonds. The van der Waals surface area contributed by atoms with E-state index in [2.05, 4.69) is 0 Å². The van der Waals surface area contributed by atoms with Crippen molar-refractivity contribution >= 4 is 75.2 Å². The summed E-state index contributed by atoms with van der Waals surface area (Å²) in [6.07, 6.45) is 0. The van der Waals surface area contributed by atoms with Crippen LogP contribution in [0.1, 0.15) is 10.4 Å². The Morgan fingerprint density at radius 2 is 1.60 bits per heavy atom. The van der Waals surface area contributed by atoms with E-state index < -0.39 is 26.5 Å².